The van der Waals surface area contributed by atoms with Gasteiger partial charge >= 0.3 is 12.2 Å². The van der Waals surface area contributed by atoms with E-state index in [1.165, 1.54) is 12.7 Å². The second kappa shape index (κ2) is 7.11. The molecule has 0 radical (unpaired) electrons. The third kappa shape index (κ3) is 4.63. The number of ether oxygens (including phenoxy) is 2. The lowest BCUT2D eigenvalue weighted by molar-refractivity contribution is 0.0224. The number of methoxy groups -OCH3 is 1. The van der Waals surface area contributed by atoms with Gasteiger partial charge in [0.25, 0.3) is 0 Å². The van der Waals surface area contributed by atoms with Gasteiger partial charge in [-0.1, -0.05) is 18.2 Å². The maximum absolute atomic E-state index is 12.2. The van der Waals surface area contributed by atoms with Crippen LogP contribution in [0.1, 0.15) is 50.4 Å². The van der Waals surface area contributed by atoms with Gasteiger partial charge in [-0.2, -0.15) is 0 Å². The van der Waals surface area contributed by atoms with Gasteiger partial charge in [-0.3, -0.25) is 0 Å². The fourth-order valence-electron chi connectivity index (χ4n) is 2.64. The first-order valence-electron chi connectivity index (χ1n) is 8.13. The normalized spacial score (nSPS) is 15.3. The molecule has 0 saturated heterocycles. The number of fused-ring (bicyclic) bond motifs is 1. The fraction of sp³-hybridized carbons (Fsp3) is 0.556. The first kappa shape index (κ1) is 18.1. The molecule has 1 N–H and O–H groups in total. The van der Waals surface area contributed by atoms with Crippen LogP contribution in [0.5, 0.6) is 0 Å². The molecule has 1 aromatic rings. The lowest BCUT2D eigenvalue weighted by atomic mass is 9.95. The van der Waals surface area contributed by atoms with Crippen molar-refractivity contribution in [2.45, 2.75) is 52.3 Å². The van der Waals surface area contributed by atoms with Crippen LogP contribution >= 0.6 is 0 Å². The highest BCUT2D eigenvalue weighted by Gasteiger charge is 2.26. The molecule has 1 aromatic carbocycles. The lowest BCUT2D eigenvalue weighted by Crippen LogP contribution is -2.40. The second-order valence-corrected chi connectivity index (χ2v) is 7.04. The Morgan fingerprint density at radius 1 is 1.25 bits per heavy atom. The van der Waals surface area contributed by atoms with Gasteiger partial charge in [0, 0.05) is 13.1 Å². The molecule has 0 saturated carbocycles. The number of hydrogen-bond acceptors (Lipinski definition) is 4. The van der Waals surface area contributed by atoms with Crippen molar-refractivity contribution in [1.82, 2.24) is 10.2 Å². The van der Waals surface area contributed by atoms with E-state index < -0.39 is 11.7 Å². The molecule has 24 heavy (non-hydrogen) atoms. The summed E-state index contributed by atoms with van der Waals surface area (Å²) in [6, 6.07) is 5.93. The molecule has 0 aliphatic carbocycles. The van der Waals surface area contributed by atoms with Crippen molar-refractivity contribution in [3.8, 4) is 0 Å². The molecule has 6 nitrogen and oxygen atoms in total. The van der Waals surface area contributed by atoms with Crippen molar-refractivity contribution < 1.29 is 19.1 Å². The molecule has 1 aliphatic heterocycles. The Morgan fingerprint density at radius 3 is 2.58 bits per heavy atom. The molecule has 1 heterocycles. The largest absolute Gasteiger partial charge is 0.453 e. The highest BCUT2D eigenvalue weighted by molar-refractivity contribution is 5.69. The van der Waals surface area contributed by atoms with Crippen LogP contribution in [-0.2, 0) is 22.4 Å². The predicted octanol–water partition coefficient (Wildman–Crippen LogP) is 3.40. The topological polar surface area (TPSA) is 67.9 Å². The Hall–Kier alpha value is -2.24. The zero-order valence-corrected chi connectivity index (χ0v) is 15.0. The van der Waals surface area contributed by atoms with Gasteiger partial charge < -0.3 is 19.7 Å². The van der Waals surface area contributed by atoms with Gasteiger partial charge in [-0.25, -0.2) is 9.59 Å². The van der Waals surface area contributed by atoms with Crippen LogP contribution in [0.4, 0.5) is 9.59 Å². The second-order valence-electron chi connectivity index (χ2n) is 7.04. The number of hydrogen-bond donors (Lipinski definition) is 1. The van der Waals surface area contributed by atoms with E-state index in [2.05, 4.69) is 16.1 Å². The van der Waals surface area contributed by atoms with E-state index in [4.69, 9.17) is 4.74 Å². The number of nitrogens with one attached hydrogen (secondary N) is 1. The lowest BCUT2D eigenvalue weighted by Gasteiger charge is -2.31. The first-order valence-corrected chi connectivity index (χ1v) is 8.13. The van der Waals surface area contributed by atoms with E-state index in [9.17, 15) is 9.59 Å². The third-order valence-electron chi connectivity index (χ3n) is 3.91. The van der Waals surface area contributed by atoms with Gasteiger partial charge in [-0.05, 0) is 50.8 Å². The summed E-state index contributed by atoms with van der Waals surface area (Å²) in [6.07, 6.45) is 0.0437. The van der Waals surface area contributed by atoms with Gasteiger partial charge in [0.1, 0.15) is 5.60 Å². The predicted molar refractivity (Wildman–Crippen MR) is 90.7 cm³/mol. The Balaban J connectivity index is 2.06. The molecule has 0 spiro atoms. The van der Waals surface area contributed by atoms with Crippen LogP contribution in [-0.4, -0.2) is 36.3 Å². The zero-order chi connectivity index (χ0) is 17.9. The number of carbonyl (C=O) groups excluding carboxylic acids is 2. The summed E-state index contributed by atoms with van der Waals surface area (Å²) in [5, 5.41) is 2.76. The van der Waals surface area contributed by atoms with Crippen LogP contribution in [0.25, 0.3) is 0 Å². The summed E-state index contributed by atoms with van der Waals surface area (Å²) in [6.45, 7) is 8.68. The minimum atomic E-state index is -0.490. The highest BCUT2D eigenvalue weighted by Crippen LogP contribution is 2.24. The molecule has 1 aliphatic rings. The van der Waals surface area contributed by atoms with Crippen molar-refractivity contribution >= 4 is 12.2 Å². The van der Waals surface area contributed by atoms with E-state index in [-0.39, 0.29) is 12.1 Å². The SMILES string of the molecule is COC(=O)NC(C)c1ccc2c(c1)CCN(C(=O)OC(C)(C)C)C2. The monoisotopic (exact) mass is 334 g/mol. The van der Waals surface area contributed by atoms with Crippen LogP contribution in [0, 0.1) is 0 Å². The number of amides is 2. The number of benzene rings is 1. The Kier molecular flexibility index (Phi) is 5.36. The number of carbonyl (C=O) groups is 2. The first-order chi connectivity index (χ1) is 11.2. The third-order valence-corrected chi connectivity index (χ3v) is 3.91. The van der Waals surface area contributed by atoms with Gasteiger partial charge in [0.05, 0.1) is 13.2 Å². The molecule has 1 unspecified atom stereocenters. The van der Waals surface area contributed by atoms with E-state index >= 15 is 0 Å². The van der Waals surface area contributed by atoms with Crippen molar-refractivity contribution in [3.63, 3.8) is 0 Å². The average Bonchev–Trinajstić information content (AvgIpc) is 2.51. The number of rotatable bonds is 2. The smallest absolute Gasteiger partial charge is 0.410 e. The molecular weight excluding hydrogens is 308 g/mol. The number of alkyl carbamates (subject to hydrolysis) is 1. The summed E-state index contributed by atoms with van der Waals surface area (Å²) in [4.78, 5) is 25.2. The highest BCUT2D eigenvalue weighted by atomic mass is 16.6. The Labute approximate surface area is 143 Å². The standard InChI is InChI=1S/C18H26N2O4/c1-12(19-16(21)23-5)13-6-7-15-11-20(9-8-14(15)10-13)17(22)24-18(2,3)4/h6-7,10,12H,8-9,11H2,1-5H3,(H,19,21). The molecule has 0 aromatic heterocycles. The Bertz CT molecular complexity index is 622. The van der Waals surface area contributed by atoms with Crippen LogP contribution in [0.3, 0.4) is 0 Å². The summed E-state index contributed by atoms with van der Waals surface area (Å²) >= 11 is 0. The van der Waals surface area contributed by atoms with Crippen LogP contribution in [0.2, 0.25) is 0 Å². The van der Waals surface area contributed by atoms with Crippen molar-refractivity contribution in [3.05, 3.63) is 34.9 Å². The maximum Gasteiger partial charge on any atom is 0.410 e. The van der Waals surface area contributed by atoms with E-state index in [0.717, 1.165) is 17.5 Å². The minimum absolute atomic E-state index is 0.133. The molecule has 0 bridgehead atoms. The molecular formula is C18H26N2O4. The van der Waals surface area contributed by atoms with E-state index in [1.807, 2.05) is 39.8 Å². The zero-order valence-electron chi connectivity index (χ0n) is 15.0. The van der Waals surface area contributed by atoms with E-state index in [1.54, 1.807) is 4.90 Å². The summed E-state index contributed by atoms with van der Waals surface area (Å²) in [5.41, 5.74) is 2.84. The summed E-state index contributed by atoms with van der Waals surface area (Å²) in [5.74, 6) is 0. The summed E-state index contributed by atoms with van der Waals surface area (Å²) in [7, 11) is 1.35. The minimum Gasteiger partial charge on any atom is -0.453 e. The Morgan fingerprint density at radius 2 is 1.96 bits per heavy atom. The van der Waals surface area contributed by atoms with Gasteiger partial charge in [0.2, 0.25) is 0 Å². The maximum atomic E-state index is 12.2. The molecule has 2 amide bonds. The van der Waals surface area contributed by atoms with Crippen molar-refractivity contribution in [2.75, 3.05) is 13.7 Å². The molecule has 0 fully saturated rings. The quantitative estimate of drug-likeness (QED) is 0.900. The van der Waals surface area contributed by atoms with Crippen molar-refractivity contribution in [2.24, 2.45) is 0 Å². The van der Waals surface area contributed by atoms with Crippen molar-refractivity contribution in [1.29, 1.82) is 0 Å². The molecule has 6 heteroatoms. The fourth-order valence-corrected chi connectivity index (χ4v) is 2.64. The summed E-state index contributed by atoms with van der Waals surface area (Å²) < 4.78 is 10.1. The number of nitrogens with zero attached hydrogens (tertiary/aromatic N) is 1. The molecule has 2 rings (SSSR count). The van der Waals surface area contributed by atoms with Crippen LogP contribution in [0.15, 0.2) is 18.2 Å². The van der Waals surface area contributed by atoms with Gasteiger partial charge in [0.15, 0.2) is 0 Å². The molecule has 132 valence electrons. The van der Waals surface area contributed by atoms with Crippen LogP contribution < -0.4 is 5.32 Å². The van der Waals surface area contributed by atoms with E-state index in [0.29, 0.717) is 13.1 Å². The molecule has 1 atom stereocenters. The average molecular weight is 334 g/mol. The van der Waals surface area contributed by atoms with Gasteiger partial charge in [-0.15, -0.1) is 0 Å².